The van der Waals surface area contributed by atoms with E-state index in [0.717, 1.165) is 0 Å². The third kappa shape index (κ3) is 6.09. The highest BCUT2D eigenvalue weighted by Gasteiger charge is 2.49. The van der Waals surface area contributed by atoms with Crippen LogP contribution in [0.5, 0.6) is 0 Å². The van der Waals surface area contributed by atoms with Gasteiger partial charge >= 0.3 is 0 Å². The van der Waals surface area contributed by atoms with Crippen LogP contribution in [0.25, 0.3) is 0 Å². The van der Waals surface area contributed by atoms with Crippen molar-refractivity contribution in [3.8, 4) is 11.8 Å². The third-order valence-electron chi connectivity index (χ3n) is 7.17. The molecule has 2 nitrogen and oxygen atoms in total. The molecule has 38 heavy (non-hydrogen) atoms. The van der Waals surface area contributed by atoms with Gasteiger partial charge in [-0.15, -0.1) is 0 Å². The summed E-state index contributed by atoms with van der Waals surface area (Å²) in [5.41, 5.74) is 0. The van der Waals surface area contributed by atoms with E-state index in [-0.39, 0.29) is 5.04 Å². The Morgan fingerprint density at radius 3 is 1.34 bits per heavy atom. The Balaban J connectivity index is 1.48. The minimum Gasteiger partial charge on any atom is -0.406 e. The van der Waals surface area contributed by atoms with Crippen molar-refractivity contribution < 1.29 is 8.85 Å². The van der Waals surface area contributed by atoms with Crippen LogP contribution < -0.4 is 20.7 Å². The van der Waals surface area contributed by atoms with Crippen LogP contribution in [0.1, 0.15) is 27.2 Å². The van der Waals surface area contributed by atoms with Crippen molar-refractivity contribution in [3.05, 3.63) is 121 Å². The summed E-state index contributed by atoms with van der Waals surface area (Å²) in [6.07, 6.45) is 0.669. The molecule has 0 N–H and O–H groups in total. The first-order chi connectivity index (χ1) is 18.4. The molecule has 0 saturated heterocycles. The van der Waals surface area contributed by atoms with Crippen LogP contribution in [-0.2, 0) is 8.85 Å². The lowest BCUT2D eigenvalue weighted by molar-refractivity contribution is 0.306. The summed E-state index contributed by atoms with van der Waals surface area (Å²) in [5.74, 6) is 6.62. The molecule has 0 radical (unpaired) electrons. The highest BCUT2D eigenvalue weighted by atomic mass is 28.4. The fraction of sp³-hybridized carbons (Fsp3) is 0.235. The number of rotatable bonds is 9. The summed E-state index contributed by atoms with van der Waals surface area (Å²) in [6.45, 7) is 10.2. The molecule has 0 bridgehead atoms. The predicted molar refractivity (Wildman–Crippen MR) is 166 cm³/mol. The first-order valence-corrected chi connectivity index (χ1v) is 17.7. The van der Waals surface area contributed by atoms with E-state index in [1.165, 1.54) is 20.7 Å². The van der Waals surface area contributed by atoms with Crippen LogP contribution in [0.2, 0.25) is 11.6 Å². The van der Waals surface area contributed by atoms with Crippen molar-refractivity contribution in [2.75, 3.05) is 13.2 Å². The molecular formula is C34H38O2Si2. The molecule has 0 spiro atoms. The molecule has 0 amide bonds. The molecule has 4 aromatic carbocycles. The van der Waals surface area contributed by atoms with Crippen molar-refractivity contribution in [2.24, 2.45) is 0 Å². The molecule has 4 aromatic rings. The summed E-state index contributed by atoms with van der Waals surface area (Å²) in [5, 5.41) is 5.06. The van der Waals surface area contributed by atoms with E-state index < -0.39 is 16.6 Å². The summed E-state index contributed by atoms with van der Waals surface area (Å²) < 4.78 is 13.5. The summed E-state index contributed by atoms with van der Waals surface area (Å²) in [6, 6.07) is 42.6. The van der Waals surface area contributed by atoms with Gasteiger partial charge in [-0.3, -0.25) is 0 Å². The maximum atomic E-state index is 6.96. The molecule has 194 valence electrons. The van der Waals surface area contributed by atoms with Gasteiger partial charge in [0, 0.05) is 13.0 Å². The lowest BCUT2D eigenvalue weighted by atomic mass is 10.2. The van der Waals surface area contributed by atoms with Crippen LogP contribution in [0.3, 0.4) is 0 Å². The Bertz CT molecular complexity index is 1240. The number of hydrogen-bond acceptors (Lipinski definition) is 2. The van der Waals surface area contributed by atoms with E-state index in [0.29, 0.717) is 19.6 Å². The number of hydrogen-bond donors (Lipinski definition) is 0. The van der Waals surface area contributed by atoms with Crippen molar-refractivity contribution in [2.45, 2.75) is 38.8 Å². The quantitative estimate of drug-likeness (QED) is 0.163. The molecule has 0 heterocycles. The van der Waals surface area contributed by atoms with Crippen LogP contribution in [0.15, 0.2) is 121 Å². The lowest BCUT2D eigenvalue weighted by Gasteiger charge is -2.43. The average Bonchev–Trinajstić information content (AvgIpc) is 2.95. The fourth-order valence-electron chi connectivity index (χ4n) is 5.18. The van der Waals surface area contributed by atoms with Crippen LogP contribution >= 0.6 is 0 Å². The van der Waals surface area contributed by atoms with Crippen LogP contribution in [-0.4, -0.2) is 29.8 Å². The van der Waals surface area contributed by atoms with Crippen molar-refractivity contribution in [1.29, 1.82) is 0 Å². The first kappa shape index (κ1) is 27.8. The fourth-order valence-corrected chi connectivity index (χ4v) is 12.4. The minimum atomic E-state index is -2.53. The van der Waals surface area contributed by atoms with Gasteiger partial charge in [0.2, 0.25) is 0 Å². The summed E-state index contributed by atoms with van der Waals surface area (Å²) in [4.78, 5) is 0. The van der Waals surface area contributed by atoms with Gasteiger partial charge in [0.25, 0.3) is 16.6 Å². The topological polar surface area (TPSA) is 18.5 Å². The minimum absolute atomic E-state index is 0.0367. The highest BCUT2D eigenvalue weighted by molar-refractivity contribution is 6.99. The zero-order valence-electron chi connectivity index (χ0n) is 23.0. The second-order valence-electron chi connectivity index (χ2n) is 10.7. The molecule has 0 fully saturated rings. The van der Waals surface area contributed by atoms with Gasteiger partial charge in [-0.05, 0) is 32.3 Å². The van der Waals surface area contributed by atoms with Crippen molar-refractivity contribution >= 4 is 37.4 Å². The molecular weight excluding hydrogens is 497 g/mol. The zero-order valence-corrected chi connectivity index (χ0v) is 25.0. The maximum absolute atomic E-state index is 6.96. The van der Waals surface area contributed by atoms with Crippen LogP contribution in [0, 0.1) is 11.8 Å². The monoisotopic (exact) mass is 534 g/mol. The Kier molecular flexibility index (Phi) is 9.19. The van der Waals surface area contributed by atoms with Gasteiger partial charge < -0.3 is 8.85 Å². The van der Waals surface area contributed by atoms with E-state index in [9.17, 15) is 0 Å². The molecule has 0 aliphatic rings. The van der Waals surface area contributed by atoms with Gasteiger partial charge in [-0.2, -0.15) is 0 Å². The Labute approximate surface area is 230 Å². The highest BCUT2D eigenvalue weighted by Crippen LogP contribution is 2.36. The lowest BCUT2D eigenvalue weighted by Crippen LogP contribution is -2.66. The summed E-state index contributed by atoms with van der Waals surface area (Å²) in [7, 11) is -4.87. The van der Waals surface area contributed by atoms with E-state index in [2.05, 4.69) is 160 Å². The maximum Gasteiger partial charge on any atom is 0.261 e. The van der Waals surface area contributed by atoms with E-state index in [1.807, 2.05) is 0 Å². The summed E-state index contributed by atoms with van der Waals surface area (Å²) >= 11 is 0. The van der Waals surface area contributed by atoms with E-state index >= 15 is 0 Å². The van der Waals surface area contributed by atoms with Crippen molar-refractivity contribution in [3.63, 3.8) is 0 Å². The van der Waals surface area contributed by atoms with E-state index in [1.54, 1.807) is 0 Å². The second-order valence-corrected chi connectivity index (χ2v) is 18.5. The third-order valence-corrected chi connectivity index (χ3v) is 15.8. The Hall–Kier alpha value is -3.21. The Morgan fingerprint density at radius 1 is 0.553 bits per heavy atom. The zero-order chi connectivity index (χ0) is 26.9. The smallest absolute Gasteiger partial charge is 0.261 e. The van der Waals surface area contributed by atoms with E-state index in [4.69, 9.17) is 8.85 Å². The van der Waals surface area contributed by atoms with Crippen LogP contribution in [0.4, 0.5) is 0 Å². The van der Waals surface area contributed by atoms with Gasteiger partial charge in [-0.25, -0.2) is 0 Å². The molecule has 0 aliphatic heterocycles. The van der Waals surface area contributed by atoms with Gasteiger partial charge in [0.05, 0.1) is 6.61 Å². The predicted octanol–water partition coefficient (Wildman–Crippen LogP) is 5.36. The first-order valence-electron chi connectivity index (χ1n) is 13.3. The number of benzene rings is 4. The largest absolute Gasteiger partial charge is 0.406 e. The van der Waals surface area contributed by atoms with Gasteiger partial charge in [-0.1, -0.05) is 154 Å². The normalized spacial score (nSPS) is 12.0. The Morgan fingerprint density at radius 2 is 0.947 bits per heavy atom. The standard InChI is InChI=1S/C34H38O2Si2/c1-34(2,3)38(32-24-14-7-15-25-32,33-26-16-8-17-27-33)36-29-19-9-18-28-35-37(4,30-20-10-5-11-21-30)31-22-12-6-13-23-31/h5-8,10-17,20-27H,19,28-29H2,1-4H3. The van der Waals surface area contributed by atoms with Gasteiger partial charge in [0.15, 0.2) is 0 Å². The molecule has 0 unspecified atom stereocenters. The molecule has 0 atom stereocenters. The molecule has 0 aromatic heterocycles. The SMILES string of the molecule is CC(C)(C)[Si](OCCC#CCO[Si](C)(c1ccccc1)c1ccccc1)(c1ccccc1)c1ccccc1. The molecule has 0 saturated carbocycles. The average molecular weight is 535 g/mol. The second kappa shape index (κ2) is 12.6. The molecule has 4 rings (SSSR count). The molecule has 0 aliphatic carbocycles. The van der Waals surface area contributed by atoms with Gasteiger partial charge in [0.1, 0.15) is 0 Å². The molecule has 4 heteroatoms. The van der Waals surface area contributed by atoms with Crippen molar-refractivity contribution in [1.82, 2.24) is 0 Å².